The molecule has 0 unspecified atom stereocenters. The monoisotopic (exact) mass is 241 g/mol. The lowest BCUT2D eigenvalue weighted by molar-refractivity contribution is -0.111. The van der Waals surface area contributed by atoms with Gasteiger partial charge in [0.2, 0.25) is 5.91 Å². The van der Waals surface area contributed by atoms with Crippen LogP contribution in [0, 0.1) is 0 Å². The molecule has 1 aromatic carbocycles. The number of nitrogens with one attached hydrogen (secondary N) is 2. The molecule has 18 heavy (non-hydrogen) atoms. The molecule has 1 amide bonds. The molecule has 5 heteroatoms. The first-order valence-electron chi connectivity index (χ1n) is 5.28. The van der Waals surface area contributed by atoms with Crippen LogP contribution in [0.15, 0.2) is 53.8 Å². The van der Waals surface area contributed by atoms with Crippen molar-refractivity contribution in [1.29, 1.82) is 0 Å². The molecule has 0 fully saturated rings. The molecule has 0 spiro atoms. The summed E-state index contributed by atoms with van der Waals surface area (Å²) in [4.78, 5) is 22.0. The van der Waals surface area contributed by atoms with Gasteiger partial charge in [-0.1, -0.05) is 18.7 Å². The van der Waals surface area contributed by atoms with Crippen LogP contribution in [0.25, 0.3) is 11.3 Å². The van der Waals surface area contributed by atoms with Gasteiger partial charge in [-0.05, 0) is 24.3 Å². The Labute approximate surface area is 103 Å². The number of nitrogens with zero attached hydrogens (tertiary/aromatic N) is 1. The molecule has 0 saturated carbocycles. The lowest BCUT2D eigenvalue weighted by Gasteiger charge is -2.03. The van der Waals surface area contributed by atoms with Gasteiger partial charge < -0.3 is 5.32 Å². The molecular weight excluding hydrogens is 230 g/mol. The maximum absolute atomic E-state index is 11.1. The number of hydrogen-bond acceptors (Lipinski definition) is 3. The normalized spacial score (nSPS) is 9.78. The number of benzene rings is 1. The molecule has 0 aliphatic carbocycles. The third-order valence-electron chi connectivity index (χ3n) is 2.31. The van der Waals surface area contributed by atoms with Gasteiger partial charge in [-0.15, -0.1) is 0 Å². The van der Waals surface area contributed by atoms with Crippen molar-refractivity contribution in [3.05, 3.63) is 59.4 Å². The molecule has 90 valence electrons. The minimum Gasteiger partial charge on any atom is -0.323 e. The molecule has 1 heterocycles. The number of amides is 1. The summed E-state index contributed by atoms with van der Waals surface area (Å²) in [5, 5.41) is 8.92. The van der Waals surface area contributed by atoms with E-state index in [-0.39, 0.29) is 11.5 Å². The van der Waals surface area contributed by atoms with Crippen LogP contribution >= 0.6 is 0 Å². The van der Waals surface area contributed by atoms with E-state index in [0.29, 0.717) is 11.4 Å². The van der Waals surface area contributed by atoms with E-state index >= 15 is 0 Å². The summed E-state index contributed by atoms with van der Waals surface area (Å²) in [6.45, 7) is 3.37. The Kier molecular flexibility index (Phi) is 3.33. The Balaban J connectivity index is 2.22. The van der Waals surface area contributed by atoms with Crippen molar-refractivity contribution in [3.8, 4) is 11.3 Å². The fourth-order valence-electron chi connectivity index (χ4n) is 1.42. The zero-order valence-electron chi connectivity index (χ0n) is 9.51. The van der Waals surface area contributed by atoms with Crippen LogP contribution in [0.5, 0.6) is 0 Å². The summed E-state index contributed by atoms with van der Waals surface area (Å²) in [6, 6.07) is 10.2. The van der Waals surface area contributed by atoms with E-state index in [2.05, 4.69) is 22.1 Å². The maximum atomic E-state index is 11.1. The van der Waals surface area contributed by atoms with Crippen molar-refractivity contribution in [1.82, 2.24) is 10.2 Å². The molecule has 0 saturated heterocycles. The average Bonchev–Trinajstić information content (AvgIpc) is 2.40. The molecule has 2 aromatic rings. The molecule has 0 radical (unpaired) electrons. The van der Waals surface area contributed by atoms with Gasteiger partial charge in [0, 0.05) is 17.3 Å². The van der Waals surface area contributed by atoms with E-state index in [0.717, 1.165) is 5.56 Å². The van der Waals surface area contributed by atoms with Crippen LogP contribution in [-0.2, 0) is 4.79 Å². The summed E-state index contributed by atoms with van der Waals surface area (Å²) in [5.41, 5.74) is 1.95. The lowest BCUT2D eigenvalue weighted by atomic mass is 10.1. The van der Waals surface area contributed by atoms with Crippen molar-refractivity contribution in [3.63, 3.8) is 0 Å². The van der Waals surface area contributed by atoms with Crippen LogP contribution in [-0.4, -0.2) is 16.1 Å². The van der Waals surface area contributed by atoms with Gasteiger partial charge in [0.25, 0.3) is 5.56 Å². The highest BCUT2D eigenvalue weighted by atomic mass is 16.1. The van der Waals surface area contributed by atoms with E-state index in [1.165, 1.54) is 12.1 Å². The standard InChI is InChI=1S/C13H11N3O2/c1-2-12(17)14-10-5-3-9(4-6-10)11-7-8-13(18)16-15-11/h2-8H,1H2,(H,14,17)(H,16,18). The van der Waals surface area contributed by atoms with Gasteiger partial charge in [0.05, 0.1) is 5.69 Å². The van der Waals surface area contributed by atoms with E-state index in [1.54, 1.807) is 30.3 Å². The highest BCUT2D eigenvalue weighted by Gasteiger charge is 2.01. The van der Waals surface area contributed by atoms with Gasteiger partial charge in [-0.2, -0.15) is 5.10 Å². The van der Waals surface area contributed by atoms with Gasteiger partial charge in [0.1, 0.15) is 0 Å². The first-order chi connectivity index (χ1) is 8.69. The molecule has 5 nitrogen and oxygen atoms in total. The number of anilines is 1. The summed E-state index contributed by atoms with van der Waals surface area (Å²) >= 11 is 0. The predicted octanol–water partition coefficient (Wildman–Crippen LogP) is 1.56. The lowest BCUT2D eigenvalue weighted by Crippen LogP contribution is -2.07. The third-order valence-corrected chi connectivity index (χ3v) is 2.31. The number of carbonyl (C=O) groups is 1. The van der Waals surface area contributed by atoms with E-state index < -0.39 is 0 Å². The first-order valence-corrected chi connectivity index (χ1v) is 5.28. The van der Waals surface area contributed by atoms with Gasteiger partial charge in [-0.25, -0.2) is 5.10 Å². The van der Waals surface area contributed by atoms with Crippen molar-refractivity contribution >= 4 is 11.6 Å². The quantitative estimate of drug-likeness (QED) is 0.801. The smallest absolute Gasteiger partial charge is 0.264 e. The Morgan fingerprint density at radius 1 is 1.22 bits per heavy atom. The zero-order valence-corrected chi connectivity index (χ0v) is 9.51. The molecule has 0 aliphatic heterocycles. The second-order valence-electron chi connectivity index (χ2n) is 3.58. The van der Waals surface area contributed by atoms with Gasteiger partial charge in [-0.3, -0.25) is 9.59 Å². The summed E-state index contributed by atoms with van der Waals surface area (Å²) in [7, 11) is 0. The number of H-pyrrole nitrogens is 1. The Morgan fingerprint density at radius 3 is 2.50 bits per heavy atom. The highest BCUT2D eigenvalue weighted by molar-refractivity contribution is 5.98. The summed E-state index contributed by atoms with van der Waals surface area (Å²) in [5.74, 6) is -0.259. The first kappa shape index (κ1) is 11.8. The van der Waals surface area contributed by atoms with Gasteiger partial charge >= 0.3 is 0 Å². The van der Waals surface area contributed by atoms with E-state index in [1.807, 2.05) is 0 Å². The Bertz CT molecular complexity index is 609. The molecule has 2 rings (SSSR count). The summed E-state index contributed by atoms with van der Waals surface area (Å²) in [6.07, 6.45) is 1.21. The van der Waals surface area contributed by atoms with E-state index in [9.17, 15) is 9.59 Å². The molecule has 0 bridgehead atoms. The van der Waals surface area contributed by atoms with Crippen LogP contribution < -0.4 is 10.9 Å². The van der Waals surface area contributed by atoms with Crippen molar-refractivity contribution in [2.45, 2.75) is 0 Å². The van der Waals surface area contributed by atoms with Crippen molar-refractivity contribution in [2.75, 3.05) is 5.32 Å². The average molecular weight is 241 g/mol. The largest absolute Gasteiger partial charge is 0.323 e. The molecule has 0 atom stereocenters. The molecular formula is C13H11N3O2. The van der Waals surface area contributed by atoms with Crippen LogP contribution in [0.1, 0.15) is 0 Å². The number of hydrogen-bond donors (Lipinski definition) is 2. The fourth-order valence-corrected chi connectivity index (χ4v) is 1.42. The number of aromatic amines is 1. The van der Waals surface area contributed by atoms with E-state index in [4.69, 9.17) is 0 Å². The second-order valence-corrected chi connectivity index (χ2v) is 3.58. The fraction of sp³-hybridized carbons (Fsp3) is 0. The minimum absolute atomic E-state index is 0.242. The van der Waals surface area contributed by atoms with Crippen molar-refractivity contribution < 1.29 is 4.79 Å². The zero-order chi connectivity index (χ0) is 13.0. The number of rotatable bonds is 3. The maximum Gasteiger partial charge on any atom is 0.264 e. The number of carbonyl (C=O) groups excluding carboxylic acids is 1. The second kappa shape index (κ2) is 5.09. The Hall–Kier alpha value is -2.69. The SMILES string of the molecule is C=CC(=O)Nc1ccc(-c2ccc(=O)[nH]n2)cc1. The Morgan fingerprint density at radius 2 is 1.94 bits per heavy atom. The molecule has 2 N–H and O–H groups in total. The topological polar surface area (TPSA) is 74.8 Å². The minimum atomic E-state index is -0.259. The highest BCUT2D eigenvalue weighted by Crippen LogP contribution is 2.18. The van der Waals surface area contributed by atoms with Crippen molar-refractivity contribution in [2.24, 2.45) is 0 Å². The third kappa shape index (κ3) is 2.70. The van der Waals surface area contributed by atoms with Crippen LogP contribution in [0.2, 0.25) is 0 Å². The van der Waals surface area contributed by atoms with Crippen LogP contribution in [0.4, 0.5) is 5.69 Å². The predicted molar refractivity (Wildman–Crippen MR) is 69.1 cm³/mol. The number of aromatic nitrogens is 2. The van der Waals surface area contributed by atoms with Gasteiger partial charge in [0.15, 0.2) is 0 Å². The molecule has 0 aliphatic rings. The molecule has 1 aromatic heterocycles. The summed E-state index contributed by atoms with van der Waals surface area (Å²) < 4.78 is 0. The van der Waals surface area contributed by atoms with Crippen LogP contribution in [0.3, 0.4) is 0 Å².